The van der Waals surface area contributed by atoms with Gasteiger partial charge in [0.15, 0.2) is 0 Å². The van der Waals surface area contributed by atoms with Gasteiger partial charge in [-0.15, -0.1) is 0 Å². The molecule has 0 saturated carbocycles. The van der Waals surface area contributed by atoms with Gasteiger partial charge in [0, 0.05) is 19.0 Å². The Morgan fingerprint density at radius 1 is 1.50 bits per heavy atom. The van der Waals surface area contributed by atoms with Gasteiger partial charge in [0.05, 0.1) is 0 Å². The first kappa shape index (κ1) is 15.0. The summed E-state index contributed by atoms with van der Waals surface area (Å²) in [5, 5.41) is 0. The van der Waals surface area contributed by atoms with E-state index in [9.17, 15) is 9.18 Å². The first-order chi connectivity index (χ1) is 9.61. The van der Waals surface area contributed by atoms with Crippen LogP contribution < -0.4 is 5.73 Å². The van der Waals surface area contributed by atoms with Gasteiger partial charge < -0.3 is 10.6 Å². The molecular formula is C16H23FN2O. The summed E-state index contributed by atoms with van der Waals surface area (Å²) in [4.78, 5) is 14.2. The maximum atomic E-state index is 13.5. The summed E-state index contributed by atoms with van der Waals surface area (Å²) in [6.07, 6.45) is 2.29. The lowest BCUT2D eigenvalue weighted by molar-refractivity contribution is -0.134. The first-order valence-electron chi connectivity index (χ1n) is 7.34. The summed E-state index contributed by atoms with van der Waals surface area (Å²) in [7, 11) is 0. The second-order valence-electron chi connectivity index (χ2n) is 5.71. The van der Waals surface area contributed by atoms with Gasteiger partial charge in [-0.1, -0.05) is 25.1 Å². The largest absolute Gasteiger partial charge is 0.342 e. The Bertz CT molecular complexity index is 464. The second-order valence-corrected chi connectivity index (χ2v) is 5.71. The van der Waals surface area contributed by atoms with Crippen LogP contribution in [-0.4, -0.2) is 30.4 Å². The molecule has 0 aliphatic carbocycles. The molecule has 0 spiro atoms. The van der Waals surface area contributed by atoms with E-state index in [1.54, 1.807) is 12.1 Å². The molecule has 2 N–H and O–H groups in total. The molecule has 1 aliphatic heterocycles. The van der Waals surface area contributed by atoms with Gasteiger partial charge in [0.2, 0.25) is 5.91 Å². The minimum atomic E-state index is -0.184. The number of aryl methyl sites for hydroxylation is 1. The highest BCUT2D eigenvalue weighted by Crippen LogP contribution is 2.20. The van der Waals surface area contributed by atoms with Crippen molar-refractivity contribution < 1.29 is 9.18 Å². The zero-order chi connectivity index (χ0) is 14.5. The number of halogens is 1. The number of hydrogen-bond acceptors (Lipinski definition) is 2. The van der Waals surface area contributed by atoms with E-state index in [-0.39, 0.29) is 17.6 Å². The van der Waals surface area contributed by atoms with Crippen LogP contribution in [0, 0.1) is 17.7 Å². The number of hydrogen-bond donors (Lipinski definition) is 1. The molecule has 0 aromatic heterocycles. The van der Waals surface area contributed by atoms with E-state index in [1.807, 2.05) is 17.9 Å². The molecule has 4 heteroatoms. The molecule has 0 unspecified atom stereocenters. The van der Waals surface area contributed by atoms with E-state index >= 15 is 0 Å². The van der Waals surface area contributed by atoms with Crippen LogP contribution in [0.2, 0.25) is 0 Å². The second kappa shape index (κ2) is 6.84. The molecule has 1 saturated heterocycles. The third kappa shape index (κ3) is 3.57. The van der Waals surface area contributed by atoms with E-state index in [1.165, 1.54) is 6.07 Å². The normalized spacial score (nSPS) is 20.1. The SMILES string of the molecule is C[C@@H](CCc1ccccc1F)C(=O)N1CC[C@@H](CN)C1. The lowest BCUT2D eigenvalue weighted by Crippen LogP contribution is -2.34. The summed E-state index contributed by atoms with van der Waals surface area (Å²) >= 11 is 0. The minimum Gasteiger partial charge on any atom is -0.342 e. The molecule has 0 bridgehead atoms. The van der Waals surface area contributed by atoms with Crippen molar-refractivity contribution in [3.05, 3.63) is 35.6 Å². The van der Waals surface area contributed by atoms with E-state index in [2.05, 4.69) is 0 Å². The molecule has 1 amide bonds. The van der Waals surface area contributed by atoms with Crippen molar-refractivity contribution in [3.63, 3.8) is 0 Å². The van der Waals surface area contributed by atoms with Crippen LogP contribution in [0.15, 0.2) is 24.3 Å². The fourth-order valence-corrected chi connectivity index (χ4v) is 2.73. The van der Waals surface area contributed by atoms with Crippen LogP contribution in [0.1, 0.15) is 25.3 Å². The highest BCUT2D eigenvalue weighted by Gasteiger charge is 2.28. The van der Waals surface area contributed by atoms with E-state index in [0.717, 1.165) is 19.5 Å². The zero-order valence-corrected chi connectivity index (χ0v) is 12.0. The average molecular weight is 278 g/mol. The van der Waals surface area contributed by atoms with Gasteiger partial charge >= 0.3 is 0 Å². The fourth-order valence-electron chi connectivity index (χ4n) is 2.73. The number of rotatable bonds is 5. The molecule has 2 atom stereocenters. The number of likely N-dealkylation sites (tertiary alicyclic amines) is 1. The Labute approximate surface area is 120 Å². The monoisotopic (exact) mass is 278 g/mol. The molecule has 1 aromatic rings. The number of nitrogens with two attached hydrogens (primary N) is 1. The van der Waals surface area contributed by atoms with Gasteiger partial charge in [-0.3, -0.25) is 4.79 Å². The summed E-state index contributed by atoms with van der Waals surface area (Å²) in [6.45, 7) is 4.16. The molecule has 20 heavy (non-hydrogen) atoms. The lowest BCUT2D eigenvalue weighted by Gasteiger charge is -2.21. The highest BCUT2D eigenvalue weighted by molar-refractivity contribution is 5.78. The smallest absolute Gasteiger partial charge is 0.225 e. The van der Waals surface area contributed by atoms with Gasteiger partial charge in [-0.2, -0.15) is 0 Å². The maximum Gasteiger partial charge on any atom is 0.225 e. The molecule has 1 heterocycles. The molecule has 2 rings (SSSR count). The van der Waals surface area contributed by atoms with E-state index in [0.29, 0.717) is 30.9 Å². The molecule has 3 nitrogen and oxygen atoms in total. The topological polar surface area (TPSA) is 46.3 Å². The summed E-state index contributed by atoms with van der Waals surface area (Å²) < 4.78 is 13.5. The molecule has 110 valence electrons. The Hall–Kier alpha value is -1.42. The third-order valence-corrected chi connectivity index (χ3v) is 4.16. The number of carbonyl (C=O) groups excluding carboxylic acids is 1. The van der Waals surface area contributed by atoms with Crippen molar-refractivity contribution in [1.29, 1.82) is 0 Å². The number of benzene rings is 1. The van der Waals surface area contributed by atoms with Crippen molar-refractivity contribution >= 4 is 5.91 Å². The average Bonchev–Trinajstić information content (AvgIpc) is 2.94. The summed E-state index contributed by atoms with van der Waals surface area (Å²) in [5.74, 6) is 0.373. The van der Waals surface area contributed by atoms with Crippen LogP contribution in [0.3, 0.4) is 0 Å². The van der Waals surface area contributed by atoms with Crippen LogP contribution in [0.4, 0.5) is 4.39 Å². The van der Waals surface area contributed by atoms with Crippen molar-refractivity contribution in [2.24, 2.45) is 17.6 Å². The van der Waals surface area contributed by atoms with Crippen LogP contribution in [0.25, 0.3) is 0 Å². The molecule has 0 radical (unpaired) electrons. The third-order valence-electron chi connectivity index (χ3n) is 4.16. The molecule has 1 aliphatic rings. The fraction of sp³-hybridized carbons (Fsp3) is 0.562. The zero-order valence-electron chi connectivity index (χ0n) is 12.0. The highest BCUT2D eigenvalue weighted by atomic mass is 19.1. The minimum absolute atomic E-state index is 0.0638. The molecular weight excluding hydrogens is 255 g/mol. The quantitative estimate of drug-likeness (QED) is 0.897. The van der Waals surface area contributed by atoms with E-state index in [4.69, 9.17) is 5.73 Å². The Morgan fingerprint density at radius 2 is 2.25 bits per heavy atom. The van der Waals surface area contributed by atoms with Crippen LogP contribution in [0.5, 0.6) is 0 Å². The van der Waals surface area contributed by atoms with Crippen LogP contribution in [-0.2, 0) is 11.2 Å². The summed E-state index contributed by atoms with van der Waals surface area (Å²) in [5.41, 5.74) is 6.33. The lowest BCUT2D eigenvalue weighted by atomic mass is 9.99. The number of nitrogens with zero attached hydrogens (tertiary/aromatic N) is 1. The molecule has 1 fully saturated rings. The standard InChI is InChI=1S/C16H23FN2O/c1-12(6-7-14-4-2-3-5-15(14)17)16(20)19-9-8-13(10-18)11-19/h2-5,12-13H,6-11,18H2,1H3/t12-,13-/m0/s1. The van der Waals surface area contributed by atoms with Crippen molar-refractivity contribution in [2.45, 2.75) is 26.2 Å². The maximum absolute atomic E-state index is 13.5. The van der Waals surface area contributed by atoms with Gasteiger partial charge in [-0.05, 0) is 43.4 Å². The predicted octanol–water partition coefficient (Wildman–Crippen LogP) is 2.20. The van der Waals surface area contributed by atoms with Crippen molar-refractivity contribution in [2.75, 3.05) is 19.6 Å². The van der Waals surface area contributed by atoms with Crippen LogP contribution >= 0.6 is 0 Å². The number of carbonyl (C=O) groups is 1. The summed E-state index contributed by atoms with van der Waals surface area (Å²) in [6, 6.07) is 6.77. The Kier molecular flexibility index (Phi) is 5.12. The van der Waals surface area contributed by atoms with Crippen molar-refractivity contribution in [1.82, 2.24) is 4.90 Å². The number of amides is 1. The van der Waals surface area contributed by atoms with Gasteiger partial charge in [0.1, 0.15) is 5.82 Å². The molecule has 1 aromatic carbocycles. The Balaban J connectivity index is 1.84. The Morgan fingerprint density at radius 3 is 2.90 bits per heavy atom. The van der Waals surface area contributed by atoms with Crippen molar-refractivity contribution in [3.8, 4) is 0 Å². The van der Waals surface area contributed by atoms with Gasteiger partial charge in [0.25, 0.3) is 0 Å². The van der Waals surface area contributed by atoms with E-state index < -0.39 is 0 Å². The predicted molar refractivity (Wildman–Crippen MR) is 77.6 cm³/mol. The first-order valence-corrected chi connectivity index (χ1v) is 7.34. The van der Waals surface area contributed by atoms with Gasteiger partial charge in [-0.25, -0.2) is 4.39 Å².